The molecule has 1 N–H and O–H groups in total. The Hall–Kier alpha value is -2.34. The minimum Gasteiger partial charge on any atom is -0.354 e. The summed E-state index contributed by atoms with van der Waals surface area (Å²) in [6.07, 6.45) is 2.21. The molecule has 25 heavy (non-hydrogen) atoms. The molecule has 2 aromatic rings. The number of benzene rings is 2. The Labute approximate surface area is 149 Å². The van der Waals surface area contributed by atoms with Crippen LogP contribution in [0.25, 0.3) is 0 Å². The van der Waals surface area contributed by atoms with Crippen LogP contribution >= 0.6 is 0 Å². The van der Waals surface area contributed by atoms with Gasteiger partial charge in [0.1, 0.15) is 0 Å². The van der Waals surface area contributed by atoms with Crippen LogP contribution in [0, 0.1) is 0 Å². The zero-order valence-corrected chi connectivity index (χ0v) is 15.4. The molecule has 6 heteroatoms. The smallest absolute Gasteiger partial charge is 0.232 e. The number of nitrogens with zero attached hydrogens (tertiary/aromatic N) is 1. The molecule has 0 aliphatic carbocycles. The van der Waals surface area contributed by atoms with Crippen LogP contribution < -0.4 is 9.62 Å². The molecule has 5 nitrogen and oxygen atoms in total. The molecule has 0 bridgehead atoms. The number of aryl methyl sites for hydroxylation is 1. The highest BCUT2D eigenvalue weighted by molar-refractivity contribution is 7.92. The number of hydrogen-bond acceptors (Lipinski definition) is 3. The summed E-state index contributed by atoms with van der Waals surface area (Å²) in [4.78, 5) is 12.0. The lowest BCUT2D eigenvalue weighted by molar-refractivity contribution is -0.120. The maximum absolute atomic E-state index is 12.2. The Bertz CT molecular complexity index is 804. The fourth-order valence-corrected chi connectivity index (χ4v) is 3.62. The molecule has 1 amide bonds. The summed E-state index contributed by atoms with van der Waals surface area (Å²) in [6.45, 7) is 2.45. The Kier molecular flexibility index (Phi) is 6.58. The molecule has 134 valence electrons. The quantitative estimate of drug-likeness (QED) is 0.786. The lowest BCUT2D eigenvalue weighted by Gasteiger charge is -2.24. The third kappa shape index (κ3) is 5.60. The molecule has 2 rings (SSSR count). The maximum atomic E-state index is 12.2. The minimum absolute atomic E-state index is 0.122. The Morgan fingerprint density at radius 1 is 1.04 bits per heavy atom. The number of hydrogen-bond donors (Lipinski definition) is 1. The van der Waals surface area contributed by atoms with Gasteiger partial charge < -0.3 is 5.32 Å². The molecule has 0 aromatic heterocycles. The summed E-state index contributed by atoms with van der Waals surface area (Å²) in [5.41, 5.74) is 2.56. The van der Waals surface area contributed by atoms with E-state index < -0.39 is 10.0 Å². The van der Waals surface area contributed by atoms with Gasteiger partial charge in [0.25, 0.3) is 0 Å². The van der Waals surface area contributed by atoms with Crippen molar-refractivity contribution >= 4 is 21.6 Å². The number of carbonyl (C=O) groups excluding carboxylic acids is 1. The van der Waals surface area contributed by atoms with E-state index in [2.05, 4.69) is 5.32 Å². The van der Waals surface area contributed by atoms with Gasteiger partial charge in [0, 0.05) is 6.54 Å². The van der Waals surface area contributed by atoms with Gasteiger partial charge in [-0.3, -0.25) is 9.10 Å². The molecular weight excluding hydrogens is 336 g/mol. The third-order valence-corrected chi connectivity index (χ3v) is 5.07. The van der Waals surface area contributed by atoms with E-state index in [9.17, 15) is 13.2 Å². The number of amides is 1. The molecule has 0 atom stereocenters. The zero-order chi connectivity index (χ0) is 18.3. The molecule has 0 fully saturated rings. The number of carbonyl (C=O) groups is 1. The molecular formula is C19H24N2O3S. The van der Waals surface area contributed by atoms with Crippen molar-refractivity contribution in [2.75, 3.05) is 23.7 Å². The van der Waals surface area contributed by atoms with Crippen molar-refractivity contribution < 1.29 is 13.2 Å². The van der Waals surface area contributed by atoms with Crippen LogP contribution in [0.4, 0.5) is 5.69 Å². The van der Waals surface area contributed by atoms with E-state index >= 15 is 0 Å². The lowest BCUT2D eigenvalue weighted by Crippen LogP contribution is -2.39. The molecule has 0 aliphatic heterocycles. The van der Waals surface area contributed by atoms with E-state index in [1.165, 1.54) is 10.6 Å². The van der Waals surface area contributed by atoms with Gasteiger partial charge in [-0.05, 0) is 23.6 Å². The van der Waals surface area contributed by atoms with Crippen LogP contribution in [0.15, 0.2) is 54.6 Å². The van der Waals surface area contributed by atoms with Crippen molar-refractivity contribution in [1.82, 2.24) is 5.32 Å². The second-order valence-corrected chi connectivity index (χ2v) is 7.74. The van der Waals surface area contributed by atoms with Crippen molar-refractivity contribution in [3.8, 4) is 0 Å². The number of nitrogens with one attached hydrogen (secondary N) is 1. The lowest BCUT2D eigenvalue weighted by atomic mass is 10.1. The standard InChI is InChI=1S/C19H24N2O3S/c1-3-17-11-7-8-12-18(17)21(25(2,23)24)14-13-20-19(22)15-16-9-5-4-6-10-16/h4-12H,3,13-15H2,1-2H3,(H,20,22). The average Bonchev–Trinajstić information content (AvgIpc) is 2.58. The predicted molar refractivity (Wildman–Crippen MR) is 101 cm³/mol. The Balaban J connectivity index is 2.01. The number of rotatable bonds is 8. The number of anilines is 1. The first-order valence-corrected chi connectivity index (χ1v) is 10.1. The molecule has 0 saturated heterocycles. The van der Waals surface area contributed by atoms with E-state index in [-0.39, 0.29) is 25.4 Å². The first-order chi connectivity index (χ1) is 11.9. The molecule has 2 aromatic carbocycles. The van der Waals surface area contributed by atoms with Crippen LogP contribution in [-0.4, -0.2) is 33.7 Å². The van der Waals surface area contributed by atoms with Gasteiger partial charge in [-0.2, -0.15) is 0 Å². The van der Waals surface area contributed by atoms with Gasteiger partial charge in [-0.15, -0.1) is 0 Å². The molecule has 0 saturated carbocycles. The summed E-state index contributed by atoms with van der Waals surface area (Å²) in [7, 11) is -3.43. The summed E-state index contributed by atoms with van der Waals surface area (Å²) in [5.74, 6) is -0.122. The van der Waals surface area contributed by atoms with Crippen molar-refractivity contribution in [3.63, 3.8) is 0 Å². The number of sulfonamides is 1. The third-order valence-electron chi connectivity index (χ3n) is 3.89. The fourth-order valence-electron chi connectivity index (χ4n) is 2.66. The van der Waals surface area contributed by atoms with E-state index in [1.54, 1.807) is 6.07 Å². The van der Waals surface area contributed by atoms with Crippen LogP contribution in [0.3, 0.4) is 0 Å². The second-order valence-electron chi connectivity index (χ2n) is 5.83. The monoisotopic (exact) mass is 360 g/mol. The predicted octanol–water partition coefficient (Wildman–Crippen LogP) is 2.37. The van der Waals surface area contributed by atoms with Crippen LogP contribution in [0.2, 0.25) is 0 Å². The normalized spacial score (nSPS) is 11.1. The van der Waals surface area contributed by atoms with Crippen LogP contribution in [0.5, 0.6) is 0 Å². The molecule has 0 spiro atoms. The highest BCUT2D eigenvalue weighted by Gasteiger charge is 2.19. The van der Waals surface area contributed by atoms with E-state index in [0.717, 1.165) is 17.5 Å². The van der Waals surface area contributed by atoms with Crippen molar-refractivity contribution in [3.05, 3.63) is 65.7 Å². The molecule has 0 unspecified atom stereocenters. The Morgan fingerprint density at radius 2 is 1.68 bits per heavy atom. The Morgan fingerprint density at radius 3 is 2.32 bits per heavy atom. The summed E-state index contributed by atoms with van der Waals surface area (Å²) in [5, 5.41) is 2.80. The zero-order valence-electron chi connectivity index (χ0n) is 14.6. The van der Waals surface area contributed by atoms with Gasteiger partial charge in [0.05, 0.1) is 24.9 Å². The van der Waals surface area contributed by atoms with Gasteiger partial charge in [-0.1, -0.05) is 55.5 Å². The van der Waals surface area contributed by atoms with Gasteiger partial charge >= 0.3 is 0 Å². The number of para-hydroxylation sites is 1. The fraction of sp³-hybridized carbons (Fsp3) is 0.316. The van der Waals surface area contributed by atoms with Crippen LogP contribution in [0.1, 0.15) is 18.1 Å². The topological polar surface area (TPSA) is 66.5 Å². The van der Waals surface area contributed by atoms with E-state index in [4.69, 9.17) is 0 Å². The molecule has 0 heterocycles. The minimum atomic E-state index is -3.43. The summed E-state index contributed by atoms with van der Waals surface area (Å²) in [6, 6.07) is 16.9. The second kappa shape index (κ2) is 8.67. The van der Waals surface area contributed by atoms with Crippen molar-refractivity contribution in [2.45, 2.75) is 19.8 Å². The first kappa shape index (κ1) is 19.0. The SMILES string of the molecule is CCc1ccccc1N(CCNC(=O)Cc1ccccc1)S(C)(=O)=O. The highest BCUT2D eigenvalue weighted by Crippen LogP contribution is 2.22. The maximum Gasteiger partial charge on any atom is 0.232 e. The van der Waals surface area contributed by atoms with Gasteiger partial charge in [-0.25, -0.2) is 8.42 Å². The van der Waals surface area contributed by atoms with Crippen LogP contribution in [-0.2, 0) is 27.7 Å². The first-order valence-electron chi connectivity index (χ1n) is 8.28. The van der Waals surface area contributed by atoms with Gasteiger partial charge in [0.15, 0.2) is 0 Å². The largest absolute Gasteiger partial charge is 0.354 e. The molecule has 0 radical (unpaired) electrons. The highest BCUT2D eigenvalue weighted by atomic mass is 32.2. The molecule has 0 aliphatic rings. The van der Waals surface area contributed by atoms with Crippen molar-refractivity contribution in [2.24, 2.45) is 0 Å². The summed E-state index contributed by atoms with van der Waals surface area (Å²) >= 11 is 0. The van der Waals surface area contributed by atoms with E-state index in [1.807, 2.05) is 55.5 Å². The summed E-state index contributed by atoms with van der Waals surface area (Å²) < 4.78 is 25.7. The average molecular weight is 360 g/mol. The van der Waals surface area contributed by atoms with Gasteiger partial charge in [0.2, 0.25) is 15.9 Å². The van der Waals surface area contributed by atoms with Crippen molar-refractivity contribution in [1.29, 1.82) is 0 Å². The van der Waals surface area contributed by atoms with E-state index in [0.29, 0.717) is 5.69 Å².